The van der Waals surface area contributed by atoms with Crippen molar-refractivity contribution in [2.45, 2.75) is 11.0 Å². The fraction of sp³-hybridized carbons (Fsp3) is 0.0909. The largest absolute Gasteiger partial charge is 0.485 e. The number of para-hydroxylation sites is 2. The minimum absolute atomic E-state index is 0.0123. The fourth-order valence-corrected chi connectivity index (χ4v) is 4.00. The Morgan fingerprint density at radius 3 is 2.24 bits per heavy atom. The van der Waals surface area contributed by atoms with Gasteiger partial charge in [0.2, 0.25) is 6.10 Å². The zero-order valence-electron chi connectivity index (χ0n) is 16.9. The molecular formula is C22H18FN3O6S. The molecule has 33 heavy (non-hydrogen) atoms. The Kier molecular flexibility index (Phi) is 6.13. The predicted molar refractivity (Wildman–Crippen MR) is 116 cm³/mol. The van der Waals surface area contributed by atoms with Crippen molar-refractivity contribution in [1.82, 2.24) is 10.9 Å². The average Bonchev–Trinajstić information content (AvgIpc) is 2.82. The lowest BCUT2D eigenvalue weighted by atomic mass is 10.2. The van der Waals surface area contributed by atoms with Crippen LogP contribution in [0.5, 0.6) is 11.5 Å². The molecule has 3 aromatic rings. The van der Waals surface area contributed by atoms with Crippen LogP contribution in [0.3, 0.4) is 0 Å². The van der Waals surface area contributed by atoms with Gasteiger partial charge in [-0.05, 0) is 60.7 Å². The van der Waals surface area contributed by atoms with Gasteiger partial charge in [-0.15, -0.1) is 0 Å². The Bertz CT molecular complexity index is 1280. The summed E-state index contributed by atoms with van der Waals surface area (Å²) in [6.07, 6.45) is -0.941. The molecule has 170 valence electrons. The van der Waals surface area contributed by atoms with E-state index in [0.717, 1.165) is 24.3 Å². The summed E-state index contributed by atoms with van der Waals surface area (Å²) in [6, 6.07) is 16.8. The van der Waals surface area contributed by atoms with Crippen LogP contribution in [0.4, 0.5) is 10.1 Å². The number of carbonyl (C=O) groups is 2. The third-order valence-electron chi connectivity index (χ3n) is 4.62. The van der Waals surface area contributed by atoms with E-state index in [9.17, 15) is 22.4 Å². The van der Waals surface area contributed by atoms with E-state index in [4.69, 9.17) is 9.47 Å². The number of carbonyl (C=O) groups excluding carboxylic acids is 2. The van der Waals surface area contributed by atoms with E-state index >= 15 is 0 Å². The van der Waals surface area contributed by atoms with E-state index in [-0.39, 0.29) is 22.8 Å². The second-order valence-corrected chi connectivity index (χ2v) is 8.63. The number of amides is 2. The molecule has 4 rings (SSSR count). The van der Waals surface area contributed by atoms with E-state index in [0.29, 0.717) is 11.5 Å². The van der Waals surface area contributed by atoms with Crippen molar-refractivity contribution in [3.63, 3.8) is 0 Å². The molecule has 0 radical (unpaired) electrons. The minimum atomic E-state index is -3.92. The second-order valence-electron chi connectivity index (χ2n) is 6.94. The molecule has 3 aromatic carbocycles. The van der Waals surface area contributed by atoms with Crippen molar-refractivity contribution in [3.8, 4) is 11.5 Å². The normalized spacial score (nSPS) is 14.8. The Morgan fingerprint density at radius 2 is 1.55 bits per heavy atom. The van der Waals surface area contributed by atoms with Crippen LogP contribution in [-0.2, 0) is 14.8 Å². The van der Waals surface area contributed by atoms with Gasteiger partial charge in [0.1, 0.15) is 12.4 Å². The topological polar surface area (TPSA) is 123 Å². The first-order valence-electron chi connectivity index (χ1n) is 9.69. The lowest BCUT2D eigenvalue weighted by Gasteiger charge is -2.25. The number of nitrogens with one attached hydrogen (secondary N) is 3. The number of ether oxygens (including phenoxy) is 2. The van der Waals surface area contributed by atoms with Crippen LogP contribution in [0.1, 0.15) is 10.4 Å². The van der Waals surface area contributed by atoms with Gasteiger partial charge in [0.25, 0.3) is 21.8 Å². The maximum Gasteiger partial charge on any atom is 0.283 e. The highest BCUT2D eigenvalue weighted by atomic mass is 32.2. The number of halogens is 1. The summed E-state index contributed by atoms with van der Waals surface area (Å²) in [5.41, 5.74) is 4.92. The van der Waals surface area contributed by atoms with Crippen LogP contribution in [0.15, 0.2) is 77.7 Å². The summed E-state index contributed by atoms with van der Waals surface area (Å²) in [5, 5.41) is 0. The molecule has 0 aromatic heterocycles. The zero-order valence-corrected chi connectivity index (χ0v) is 17.8. The molecule has 1 unspecified atom stereocenters. The van der Waals surface area contributed by atoms with Crippen molar-refractivity contribution >= 4 is 27.5 Å². The zero-order chi connectivity index (χ0) is 23.4. The van der Waals surface area contributed by atoms with Crippen molar-refractivity contribution in [1.29, 1.82) is 0 Å². The predicted octanol–water partition coefficient (Wildman–Crippen LogP) is 2.23. The third kappa shape index (κ3) is 5.21. The number of hydrazine groups is 1. The molecule has 9 nitrogen and oxygen atoms in total. The average molecular weight is 471 g/mol. The summed E-state index contributed by atoms with van der Waals surface area (Å²) in [5.74, 6) is -0.812. The number of hydrogen-bond donors (Lipinski definition) is 3. The van der Waals surface area contributed by atoms with Crippen LogP contribution >= 0.6 is 0 Å². The molecule has 11 heteroatoms. The standard InChI is InChI=1S/C22H18FN3O6S/c23-15-7-11-17(12-8-15)33(29,30)26-16-9-5-14(6-10-16)21(27)24-25-22(28)20-13-31-18-3-1-2-4-19(18)32-20/h1-12,20,26H,13H2,(H,24,27)(H,25,28). The van der Waals surface area contributed by atoms with E-state index in [1.54, 1.807) is 24.3 Å². The van der Waals surface area contributed by atoms with Gasteiger partial charge in [-0.2, -0.15) is 0 Å². The summed E-state index contributed by atoms with van der Waals surface area (Å²) in [6.45, 7) is -0.0123. The highest BCUT2D eigenvalue weighted by Crippen LogP contribution is 2.30. The van der Waals surface area contributed by atoms with Crippen molar-refractivity contribution in [2.24, 2.45) is 0 Å². The monoisotopic (exact) mass is 471 g/mol. The van der Waals surface area contributed by atoms with Crippen LogP contribution in [0.2, 0.25) is 0 Å². The van der Waals surface area contributed by atoms with Gasteiger partial charge in [-0.3, -0.25) is 25.2 Å². The van der Waals surface area contributed by atoms with Gasteiger partial charge in [-0.25, -0.2) is 12.8 Å². The summed E-state index contributed by atoms with van der Waals surface area (Å²) in [4.78, 5) is 24.5. The number of hydrogen-bond acceptors (Lipinski definition) is 6. The quantitative estimate of drug-likeness (QED) is 0.491. The minimum Gasteiger partial charge on any atom is -0.485 e. The van der Waals surface area contributed by atoms with E-state index in [2.05, 4.69) is 15.6 Å². The number of fused-ring (bicyclic) bond motifs is 1. The van der Waals surface area contributed by atoms with E-state index < -0.39 is 33.8 Å². The molecule has 1 atom stereocenters. The number of sulfonamides is 1. The smallest absolute Gasteiger partial charge is 0.283 e. The Labute approximate surface area is 188 Å². The Morgan fingerprint density at radius 1 is 0.879 bits per heavy atom. The van der Waals surface area contributed by atoms with Crippen LogP contribution in [0, 0.1) is 5.82 Å². The molecule has 1 aliphatic rings. The lowest BCUT2D eigenvalue weighted by Crippen LogP contribution is -2.50. The van der Waals surface area contributed by atoms with Crippen molar-refractivity contribution < 1.29 is 31.9 Å². The third-order valence-corrected chi connectivity index (χ3v) is 6.02. The van der Waals surface area contributed by atoms with E-state index in [1.807, 2.05) is 0 Å². The molecule has 0 saturated heterocycles. The second kappa shape index (κ2) is 9.17. The van der Waals surface area contributed by atoms with Gasteiger partial charge in [0.05, 0.1) is 4.90 Å². The van der Waals surface area contributed by atoms with Gasteiger partial charge < -0.3 is 9.47 Å². The number of anilines is 1. The molecule has 0 bridgehead atoms. The first kappa shape index (κ1) is 22.1. The first-order chi connectivity index (χ1) is 15.8. The van der Waals surface area contributed by atoms with E-state index in [1.165, 1.54) is 24.3 Å². The maximum absolute atomic E-state index is 13.0. The highest BCUT2D eigenvalue weighted by Gasteiger charge is 2.27. The summed E-state index contributed by atoms with van der Waals surface area (Å²) < 4.78 is 51.1. The van der Waals surface area contributed by atoms with Gasteiger partial charge in [0, 0.05) is 11.3 Å². The molecule has 0 spiro atoms. The fourth-order valence-electron chi connectivity index (χ4n) is 2.94. The molecule has 0 aliphatic carbocycles. The van der Waals surface area contributed by atoms with Gasteiger partial charge >= 0.3 is 0 Å². The molecule has 0 saturated carbocycles. The van der Waals surface area contributed by atoms with Crippen LogP contribution < -0.4 is 25.0 Å². The summed E-state index contributed by atoms with van der Waals surface area (Å²) >= 11 is 0. The molecule has 3 N–H and O–H groups in total. The van der Waals surface area contributed by atoms with Gasteiger partial charge in [0.15, 0.2) is 11.5 Å². The van der Waals surface area contributed by atoms with Crippen molar-refractivity contribution in [3.05, 3.63) is 84.2 Å². The molecule has 1 aliphatic heterocycles. The number of rotatable bonds is 5. The van der Waals surface area contributed by atoms with Crippen LogP contribution in [0.25, 0.3) is 0 Å². The van der Waals surface area contributed by atoms with Gasteiger partial charge in [-0.1, -0.05) is 12.1 Å². The molecule has 2 amide bonds. The first-order valence-corrected chi connectivity index (χ1v) is 11.2. The Hall–Kier alpha value is -4.12. The lowest BCUT2D eigenvalue weighted by molar-refractivity contribution is -0.131. The highest BCUT2D eigenvalue weighted by molar-refractivity contribution is 7.92. The van der Waals surface area contributed by atoms with Crippen LogP contribution in [-0.4, -0.2) is 32.9 Å². The van der Waals surface area contributed by atoms with Crippen molar-refractivity contribution in [2.75, 3.05) is 11.3 Å². The number of benzene rings is 3. The SMILES string of the molecule is O=C(NNC(=O)C1COc2ccccc2O1)c1ccc(NS(=O)(=O)c2ccc(F)cc2)cc1. The maximum atomic E-state index is 13.0. The molecular weight excluding hydrogens is 453 g/mol. The Balaban J connectivity index is 1.32. The summed E-state index contributed by atoms with van der Waals surface area (Å²) in [7, 11) is -3.92. The molecule has 1 heterocycles. The molecule has 0 fully saturated rings.